The first kappa shape index (κ1) is 22.0. The summed E-state index contributed by atoms with van der Waals surface area (Å²) >= 11 is 1.28. The van der Waals surface area contributed by atoms with E-state index in [9.17, 15) is 14.4 Å². The van der Waals surface area contributed by atoms with Crippen molar-refractivity contribution in [2.45, 2.75) is 57.1 Å². The van der Waals surface area contributed by atoms with E-state index >= 15 is 0 Å². The zero-order valence-corrected chi connectivity index (χ0v) is 18.8. The Morgan fingerprint density at radius 3 is 2.66 bits per heavy atom. The minimum atomic E-state index is -0.353. The number of hydrogen-bond donors (Lipinski definition) is 1. The fourth-order valence-electron chi connectivity index (χ4n) is 4.11. The highest BCUT2D eigenvalue weighted by atomic mass is 32.2. The Labute approximate surface area is 189 Å². The van der Waals surface area contributed by atoms with E-state index in [1.165, 1.54) is 30.3 Å². The van der Waals surface area contributed by atoms with Gasteiger partial charge in [0.1, 0.15) is 17.7 Å². The highest BCUT2D eigenvalue weighted by Gasteiger charge is 2.23. The molecule has 0 unspecified atom stereocenters. The molecule has 1 N–H and O–H groups in total. The van der Waals surface area contributed by atoms with Crippen LogP contribution in [0.1, 0.15) is 55.0 Å². The van der Waals surface area contributed by atoms with Crippen molar-refractivity contribution in [1.82, 2.24) is 24.8 Å². The summed E-state index contributed by atoms with van der Waals surface area (Å²) in [5.74, 6) is -0.143. The SMILES string of the molecule is Cc1c(C#N)c(NC(=O)CSc2nnnn2C2CCCCC2)n(-c2ccc(F)cc2)c1C. The molecule has 10 heteroatoms. The number of rotatable bonds is 6. The third-order valence-corrected chi connectivity index (χ3v) is 6.82. The smallest absolute Gasteiger partial charge is 0.236 e. The van der Waals surface area contributed by atoms with E-state index in [2.05, 4.69) is 26.9 Å². The van der Waals surface area contributed by atoms with Crippen molar-refractivity contribution >= 4 is 23.5 Å². The molecular weight excluding hydrogens is 429 g/mol. The Hall–Kier alpha value is -3.19. The second-order valence-corrected chi connectivity index (χ2v) is 8.83. The van der Waals surface area contributed by atoms with E-state index in [0.717, 1.165) is 36.9 Å². The van der Waals surface area contributed by atoms with Gasteiger partial charge in [-0.25, -0.2) is 9.07 Å². The molecule has 0 aliphatic heterocycles. The largest absolute Gasteiger partial charge is 0.310 e. The molecule has 1 aliphatic rings. The number of nitrogens with zero attached hydrogens (tertiary/aromatic N) is 6. The second kappa shape index (κ2) is 9.53. The van der Waals surface area contributed by atoms with Crippen LogP contribution in [0.4, 0.5) is 10.2 Å². The van der Waals surface area contributed by atoms with Gasteiger partial charge < -0.3 is 5.32 Å². The molecule has 0 spiro atoms. The summed E-state index contributed by atoms with van der Waals surface area (Å²) < 4.78 is 17.0. The Morgan fingerprint density at radius 1 is 1.25 bits per heavy atom. The minimum absolute atomic E-state index is 0.102. The normalized spacial score (nSPS) is 14.3. The summed E-state index contributed by atoms with van der Waals surface area (Å²) in [7, 11) is 0. The third kappa shape index (κ3) is 4.39. The van der Waals surface area contributed by atoms with Crippen LogP contribution in [0.5, 0.6) is 0 Å². The van der Waals surface area contributed by atoms with Crippen molar-refractivity contribution in [3.05, 3.63) is 46.9 Å². The zero-order valence-electron chi connectivity index (χ0n) is 18.0. The molecule has 2 aromatic heterocycles. The quantitative estimate of drug-likeness (QED) is 0.558. The third-order valence-electron chi connectivity index (χ3n) is 5.88. The maximum atomic E-state index is 13.4. The number of halogens is 1. The lowest BCUT2D eigenvalue weighted by Gasteiger charge is -2.21. The Morgan fingerprint density at radius 2 is 1.97 bits per heavy atom. The lowest BCUT2D eigenvalue weighted by Crippen LogP contribution is -2.19. The number of aromatic nitrogens is 5. The molecular formula is C22H24FN7OS. The molecule has 0 atom stereocenters. The number of carbonyl (C=O) groups is 1. The molecule has 0 radical (unpaired) electrons. The first-order chi connectivity index (χ1) is 15.5. The van der Waals surface area contributed by atoms with E-state index in [4.69, 9.17) is 0 Å². The summed E-state index contributed by atoms with van der Waals surface area (Å²) in [5.41, 5.74) is 2.62. The highest BCUT2D eigenvalue weighted by Crippen LogP contribution is 2.32. The van der Waals surface area contributed by atoms with Gasteiger partial charge in [-0.05, 0) is 66.9 Å². The van der Waals surface area contributed by atoms with Crippen LogP contribution in [0.2, 0.25) is 0 Å². The van der Waals surface area contributed by atoms with Crippen molar-refractivity contribution in [1.29, 1.82) is 5.26 Å². The van der Waals surface area contributed by atoms with Crippen LogP contribution in [-0.4, -0.2) is 36.4 Å². The van der Waals surface area contributed by atoms with E-state index < -0.39 is 0 Å². The fraction of sp³-hybridized carbons (Fsp3) is 0.409. The van der Waals surface area contributed by atoms with Gasteiger partial charge in [-0.15, -0.1) is 5.10 Å². The van der Waals surface area contributed by atoms with Crippen LogP contribution in [0.15, 0.2) is 29.4 Å². The van der Waals surface area contributed by atoms with E-state index in [1.807, 2.05) is 18.5 Å². The molecule has 1 amide bonds. The Balaban J connectivity index is 1.53. The average Bonchev–Trinajstić information content (AvgIpc) is 3.36. The van der Waals surface area contributed by atoms with Crippen LogP contribution in [0, 0.1) is 31.0 Å². The van der Waals surface area contributed by atoms with Gasteiger partial charge in [0.15, 0.2) is 0 Å². The highest BCUT2D eigenvalue weighted by molar-refractivity contribution is 7.99. The van der Waals surface area contributed by atoms with Crippen molar-refractivity contribution in [2.75, 3.05) is 11.1 Å². The van der Waals surface area contributed by atoms with Gasteiger partial charge >= 0.3 is 0 Å². The number of benzene rings is 1. The molecule has 2 heterocycles. The summed E-state index contributed by atoms with van der Waals surface area (Å²) in [5, 5.41) is 25.2. The predicted octanol–water partition coefficient (Wildman–Crippen LogP) is 4.33. The van der Waals surface area contributed by atoms with Crippen LogP contribution >= 0.6 is 11.8 Å². The van der Waals surface area contributed by atoms with Crippen LogP contribution < -0.4 is 5.32 Å². The number of tetrazole rings is 1. The van der Waals surface area contributed by atoms with Crippen molar-refractivity contribution < 1.29 is 9.18 Å². The number of nitrogens with one attached hydrogen (secondary N) is 1. The molecule has 166 valence electrons. The predicted molar refractivity (Wildman–Crippen MR) is 119 cm³/mol. The number of hydrogen-bond acceptors (Lipinski definition) is 6. The summed E-state index contributed by atoms with van der Waals surface area (Å²) in [6.07, 6.45) is 5.63. The maximum absolute atomic E-state index is 13.4. The van der Waals surface area contributed by atoms with Gasteiger partial charge in [0, 0.05) is 11.4 Å². The number of anilines is 1. The van der Waals surface area contributed by atoms with Crippen LogP contribution in [0.3, 0.4) is 0 Å². The lowest BCUT2D eigenvalue weighted by molar-refractivity contribution is -0.113. The van der Waals surface area contributed by atoms with Crippen molar-refractivity contribution in [3.8, 4) is 11.8 Å². The van der Waals surface area contributed by atoms with Crippen LogP contribution in [0.25, 0.3) is 5.69 Å². The average molecular weight is 454 g/mol. The molecule has 1 fully saturated rings. The monoisotopic (exact) mass is 453 g/mol. The van der Waals surface area contributed by atoms with Crippen molar-refractivity contribution in [2.24, 2.45) is 0 Å². The lowest BCUT2D eigenvalue weighted by atomic mass is 9.96. The van der Waals surface area contributed by atoms with E-state index in [0.29, 0.717) is 22.2 Å². The van der Waals surface area contributed by atoms with Gasteiger partial charge in [-0.3, -0.25) is 9.36 Å². The van der Waals surface area contributed by atoms with Gasteiger partial charge in [-0.1, -0.05) is 31.0 Å². The van der Waals surface area contributed by atoms with E-state index in [-0.39, 0.29) is 23.5 Å². The number of nitriles is 1. The van der Waals surface area contributed by atoms with Gasteiger partial charge in [0.05, 0.1) is 17.4 Å². The molecule has 1 saturated carbocycles. The van der Waals surface area contributed by atoms with Crippen LogP contribution in [-0.2, 0) is 4.79 Å². The first-order valence-corrected chi connectivity index (χ1v) is 11.6. The van der Waals surface area contributed by atoms with E-state index in [1.54, 1.807) is 16.7 Å². The Kier molecular flexibility index (Phi) is 6.55. The molecule has 3 aromatic rings. The maximum Gasteiger partial charge on any atom is 0.236 e. The number of amides is 1. The van der Waals surface area contributed by atoms with Gasteiger partial charge in [-0.2, -0.15) is 5.26 Å². The standard InChI is InChI=1S/C22H24FN7OS/c1-14-15(2)29(17-10-8-16(23)9-11-17)21(19(14)12-24)25-20(31)13-32-22-26-27-28-30(22)18-6-4-3-5-7-18/h8-11,18H,3-7,13H2,1-2H3,(H,25,31). The molecule has 1 aromatic carbocycles. The summed E-state index contributed by atoms with van der Waals surface area (Å²) in [4.78, 5) is 12.8. The topological polar surface area (TPSA) is 101 Å². The molecule has 8 nitrogen and oxygen atoms in total. The molecule has 32 heavy (non-hydrogen) atoms. The minimum Gasteiger partial charge on any atom is -0.310 e. The number of thioether (sulfide) groups is 1. The molecule has 4 rings (SSSR count). The molecule has 0 bridgehead atoms. The number of carbonyl (C=O) groups excluding carboxylic acids is 1. The second-order valence-electron chi connectivity index (χ2n) is 7.89. The summed E-state index contributed by atoms with van der Waals surface area (Å²) in [6, 6.07) is 8.39. The molecule has 0 saturated heterocycles. The van der Waals surface area contributed by atoms with Crippen molar-refractivity contribution in [3.63, 3.8) is 0 Å². The molecule has 1 aliphatic carbocycles. The summed E-state index contributed by atoms with van der Waals surface area (Å²) in [6.45, 7) is 3.69. The fourth-order valence-corrected chi connectivity index (χ4v) is 4.85. The van der Waals surface area contributed by atoms with Gasteiger partial charge in [0.25, 0.3) is 0 Å². The Bertz CT molecular complexity index is 1160. The first-order valence-electron chi connectivity index (χ1n) is 10.6. The van der Waals surface area contributed by atoms with Gasteiger partial charge in [0.2, 0.25) is 11.1 Å². The zero-order chi connectivity index (χ0) is 22.7.